The maximum absolute atomic E-state index is 13.4. The fourth-order valence-electron chi connectivity index (χ4n) is 4.44. The van der Waals surface area contributed by atoms with Gasteiger partial charge in [0, 0.05) is 11.9 Å². The molecule has 1 atom stereocenters. The van der Waals surface area contributed by atoms with Crippen LogP contribution in [-0.2, 0) is 16.0 Å². The molecular weight excluding hydrogens is 444 g/mol. The first-order valence-corrected chi connectivity index (χ1v) is 11.8. The molecule has 0 aliphatic heterocycles. The number of fused-ring (bicyclic) bond motifs is 2. The van der Waals surface area contributed by atoms with Crippen LogP contribution in [0.2, 0.25) is 0 Å². The van der Waals surface area contributed by atoms with Crippen molar-refractivity contribution in [2.75, 3.05) is 20.8 Å². The Morgan fingerprint density at radius 2 is 1.86 bits per heavy atom. The van der Waals surface area contributed by atoms with Crippen LogP contribution in [-0.4, -0.2) is 43.7 Å². The van der Waals surface area contributed by atoms with Crippen molar-refractivity contribution in [1.82, 2.24) is 10.3 Å². The lowest BCUT2D eigenvalue weighted by Gasteiger charge is -2.23. The van der Waals surface area contributed by atoms with Gasteiger partial charge in [0.05, 0.1) is 31.0 Å². The number of nitrogens with zero attached hydrogens (tertiary/aromatic N) is 1. The van der Waals surface area contributed by atoms with Gasteiger partial charge in [-0.25, -0.2) is 9.78 Å². The van der Waals surface area contributed by atoms with Crippen LogP contribution in [0.25, 0.3) is 22.6 Å². The highest BCUT2D eigenvalue weighted by molar-refractivity contribution is 6.07. The minimum Gasteiger partial charge on any atom is -0.493 e. The standard InChI is InChI=1S/C28H30N2O5/c1-5-29-27(31)17(2)35-28(32)25-20-10-6-7-12-22(20)30-26-19(9-8-11-21(25)26)15-18-13-14-23(33-3)24(16-18)34-4/h6-7,10,12-17H,5,8-9,11H2,1-4H3,(H,29,31)/b19-15+. The number of likely N-dealkylation sites (N-methyl/N-ethyl adjacent to an activating group) is 1. The quantitative estimate of drug-likeness (QED) is 0.495. The monoisotopic (exact) mass is 474 g/mol. The van der Waals surface area contributed by atoms with Gasteiger partial charge in [0.2, 0.25) is 0 Å². The van der Waals surface area contributed by atoms with Gasteiger partial charge >= 0.3 is 5.97 Å². The zero-order valence-electron chi connectivity index (χ0n) is 20.5. The summed E-state index contributed by atoms with van der Waals surface area (Å²) < 4.78 is 16.4. The minimum atomic E-state index is -0.893. The predicted octanol–water partition coefficient (Wildman–Crippen LogP) is 4.81. The highest BCUT2D eigenvalue weighted by Gasteiger charge is 2.28. The highest BCUT2D eigenvalue weighted by Crippen LogP contribution is 2.37. The Morgan fingerprint density at radius 3 is 2.60 bits per heavy atom. The van der Waals surface area contributed by atoms with E-state index < -0.39 is 12.1 Å². The Hall–Kier alpha value is -3.87. The number of carbonyl (C=O) groups excluding carboxylic acids is 2. The van der Waals surface area contributed by atoms with Gasteiger partial charge in [-0.05, 0) is 74.1 Å². The van der Waals surface area contributed by atoms with Crippen molar-refractivity contribution >= 4 is 34.4 Å². The van der Waals surface area contributed by atoms with E-state index >= 15 is 0 Å². The maximum Gasteiger partial charge on any atom is 0.339 e. The number of aromatic nitrogens is 1. The number of amides is 1. The number of pyridine rings is 1. The number of benzene rings is 2. The van der Waals surface area contributed by atoms with E-state index in [0.29, 0.717) is 35.5 Å². The number of methoxy groups -OCH3 is 2. The lowest BCUT2D eigenvalue weighted by molar-refractivity contribution is -0.128. The summed E-state index contributed by atoms with van der Waals surface area (Å²) in [6, 6.07) is 13.3. The third-order valence-corrected chi connectivity index (χ3v) is 6.13. The molecule has 3 aromatic rings. The van der Waals surface area contributed by atoms with Crippen LogP contribution in [0.15, 0.2) is 42.5 Å². The summed E-state index contributed by atoms with van der Waals surface area (Å²) in [4.78, 5) is 30.5. The maximum atomic E-state index is 13.4. The van der Waals surface area contributed by atoms with Crippen LogP contribution >= 0.6 is 0 Å². The number of hydrogen-bond donors (Lipinski definition) is 1. The molecule has 35 heavy (non-hydrogen) atoms. The Bertz CT molecular complexity index is 1300. The van der Waals surface area contributed by atoms with Gasteiger partial charge in [0.15, 0.2) is 17.6 Å². The van der Waals surface area contributed by atoms with E-state index in [1.54, 1.807) is 21.1 Å². The van der Waals surface area contributed by atoms with Gasteiger partial charge in [-0.1, -0.05) is 24.3 Å². The molecule has 1 heterocycles. The summed E-state index contributed by atoms with van der Waals surface area (Å²) in [5, 5.41) is 3.43. The highest BCUT2D eigenvalue weighted by atomic mass is 16.5. The van der Waals surface area contributed by atoms with E-state index in [9.17, 15) is 9.59 Å². The number of para-hydroxylation sites is 1. The Balaban J connectivity index is 1.80. The first kappa shape index (κ1) is 24.3. The summed E-state index contributed by atoms with van der Waals surface area (Å²) in [5.41, 5.74) is 4.84. The zero-order chi connectivity index (χ0) is 24.9. The van der Waals surface area contributed by atoms with E-state index in [1.807, 2.05) is 49.4 Å². The summed E-state index contributed by atoms with van der Waals surface area (Å²) in [7, 11) is 3.22. The van der Waals surface area contributed by atoms with Crippen molar-refractivity contribution in [3.8, 4) is 11.5 Å². The molecule has 1 aliphatic rings. The number of nitrogens with one attached hydrogen (secondary N) is 1. The number of hydrogen-bond acceptors (Lipinski definition) is 6. The van der Waals surface area contributed by atoms with Crippen LogP contribution in [0.4, 0.5) is 0 Å². The third-order valence-electron chi connectivity index (χ3n) is 6.13. The molecule has 0 radical (unpaired) electrons. The lowest BCUT2D eigenvalue weighted by Crippen LogP contribution is -2.35. The molecule has 1 N–H and O–H groups in total. The summed E-state index contributed by atoms with van der Waals surface area (Å²) in [5.74, 6) is 0.482. The normalized spacial score (nSPS) is 14.8. The summed E-state index contributed by atoms with van der Waals surface area (Å²) in [6.45, 7) is 3.88. The molecular formula is C28H30N2O5. The summed E-state index contributed by atoms with van der Waals surface area (Å²) in [6.07, 6.45) is 3.59. The first-order valence-electron chi connectivity index (χ1n) is 11.8. The molecule has 7 heteroatoms. The second kappa shape index (κ2) is 10.6. The smallest absolute Gasteiger partial charge is 0.339 e. The van der Waals surface area contributed by atoms with Crippen LogP contribution in [0.1, 0.15) is 53.9 Å². The molecule has 0 fully saturated rings. The molecule has 0 bridgehead atoms. The van der Waals surface area contributed by atoms with Crippen LogP contribution in [0, 0.1) is 0 Å². The second-order valence-corrected chi connectivity index (χ2v) is 8.41. The number of esters is 1. The van der Waals surface area contributed by atoms with Gasteiger partial charge in [-0.3, -0.25) is 4.79 Å². The van der Waals surface area contributed by atoms with Crippen molar-refractivity contribution in [3.63, 3.8) is 0 Å². The molecule has 0 saturated heterocycles. The number of allylic oxidation sites excluding steroid dienone is 1. The van der Waals surface area contributed by atoms with Gasteiger partial charge in [-0.15, -0.1) is 0 Å². The van der Waals surface area contributed by atoms with E-state index in [-0.39, 0.29) is 5.91 Å². The van der Waals surface area contributed by atoms with Crippen molar-refractivity contribution in [2.24, 2.45) is 0 Å². The number of ether oxygens (including phenoxy) is 3. The SMILES string of the molecule is CCNC(=O)C(C)OC(=O)c1c2c(nc3ccccc13)/C(=C/c1ccc(OC)c(OC)c1)CCC2. The number of carbonyl (C=O) groups is 2. The molecule has 1 aliphatic carbocycles. The van der Waals surface area contributed by atoms with Gasteiger partial charge in [0.1, 0.15) is 0 Å². The Labute approximate surface area is 205 Å². The Kier molecular flexibility index (Phi) is 7.34. The van der Waals surface area contributed by atoms with Crippen molar-refractivity contribution in [3.05, 3.63) is 64.8 Å². The minimum absolute atomic E-state index is 0.317. The topological polar surface area (TPSA) is 86.8 Å². The molecule has 1 amide bonds. The van der Waals surface area contributed by atoms with E-state index in [2.05, 4.69) is 11.4 Å². The van der Waals surface area contributed by atoms with Gasteiger partial charge in [0.25, 0.3) is 5.91 Å². The molecule has 0 saturated carbocycles. The average molecular weight is 475 g/mol. The zero-order valence-corrected chi connectivity index (χ0v) is 20.5. The van der Waals surface area contributed by atoms with Crippen LogP contribution in [0.5, 0.6) is 11.5 Å². The van der Waals surface area contributed by atoms with E-state index in [0.717, 1.165) is 40.6 Å². The fourth-order valence-corrected chi connectivity index (χ4v) is 4.44. The van der Waals surface area contributed by atoms with E-state index in [4.69, 9.17) is 19.2 Å². The van der Waals surface area contributed by atoms with Crippen LogP contribution < -0.4 is 14.8 Å². The molecule has 4 rings (SSSR count). The van der Waals surface area contributed by atoms with E-state index in [1.165, 1.54) is 0 Å². The van der Waals surface area contributed by atoms with Crippen LogP contribution in [0.3, 0.4) is 0 Å². The van der Waals surface area contributed by atoms with Gasteiger partial charge in [-0.2, -0.15) is 0 Å². The molecule has 1 unspecified atom stereocenters. The largest absolute Gasteiger partial charge is 0.493 e. The molecule has 2 aromatic carbocycles. The van der Waals surface area contributed by atoms with Crippen molar-refractivity contribution < 1.29 is 23.8 Å². The first-order chi connectivity index (χ1) is 17.0. The fraction of sp³-hybridized carbons (Fsp3) is 0.321. The average Bonchev–Trinajstić information content (AvgIpc) is 2.87. The number of rotatable bonds is 7. The third kappa shape index (κ3) is 4.99. The molecule has 7 nitrogen and oxygen atoms in total. The van der Waals surface area contributed by atoms with Gasteiger partial charge < -0.3 is 19.5 Å². The molecule has 0 spiro atoms. The summed E-state index contributed by atoms with van der Waals surface area (Å²) >= 11 is 0. The molecule has 182 valence electrons. The Morgan fingerprint density at radius 1 is 1.09 bits per heavy atom. The lowest BCUT2D eigenvalue weighted by atomic mass is 9.86. The predicted molar refractivity (Wildman–Crippen MR) is 136 cm³/mol. The molecule has 1 aromatic heterocycles. The second-order valence-electron chi connectivity index (χ2n) is 8.41. The van der Waals surface area contributed by atoms with Crippen molar-refractivity contribution in [1.29, 1.82) is 0 Å². The van der Waals surface area contributed by atoms with Crippen molar-refractivity contribution in [2.45, 2.75) is 39.2 Å².